The highest BCUT2D eigenvalue weighted by molar-refractivity contribution is 5.79. The van der Waals surface area contributed by atoms with E-state index in [9.17, 15) is 4.79 Å². The third-order valence-corrected chi connectivity index (χ3v) is 4.74. The van der Waals surface area contributed by atoms with Gasteiger partial charge in [0.2, 0.25) is 5.91 Å². The van der Waals surface area contributed by atoms with Crippen LogP contribution < -0.4 is 10.6 Å². The molecule has 0 spiro atoms. The summed E-state index contributed by atoms with van der Waals surface area (Å²) in [6, 6.07) is 10.3. The van der Waals surface area contributed by atoms with E-state index in [0.29, 0.717) is 13.0 Å². The molecule has 1 amide bonds. The lowest BCUT2D eigenvalue weighted by atomic mass is 10.0. The molecular formula is C23H29N3O. The molecule has 1 aliphatic heterocycles. The van der Waals surface area contributed by atoms with Gasteiger partial charge < -0.3 is 10.6 Å². The van der Waals surface area contributed by atoms with Crippen LogP contribution in [0.3, 0.4) is 0 Å². The van der Waals surface area contributed by atoms with Crippen LogP contribution in [0.25, 0.3) is 12.2 Å². The van der Waals surface area contributed by atoms with E-state index < -0.39 is 0 Å². The number of amides is 1. The normalized spacial score (nSPS) is 13.1. The first-order chi connectivity index (χ1) is 13.2. The molecule has 0 unspecified atom stereocenters. The van der Waals surface area contributed by atoms with Crippen molar-refractivity contribution in [2.45, 2.75) is 32.6 Å². The molecule has 0 bridgehead atoms. The van der Waals surface area contributed by atoms with Gasteiger partial charge in [-0.25, -0.2) is 4.98 Å². The van der Waals surface area contributed by atoms with Crippen LogP contribution >= 0.6 is 0 Å². The molecule has 2 N–H and O–H groups in total. The number of carbonyl (C=O) groups is 1. The number of fused-ring (bicyclic) bond motifs is 1. The second kappa shape index (κ2) is 9.17. The summed E-state index contributed by atoms with van der Waals surface area (Å²) in [7, 11) is 0. The van der Waals surface area contributed by atoms with E-state index in [1.165, 1.54) is 5.56 Å². The number of pyridine rings is 1. The lowest BCUT2D eigenvalue weighted by Gasteiger charge is -2.17. The van der Waals surface area contributed by atoms with E-state index in [0.717, 1.165) is 54.0 Å². The van der Waals surface area contributed by atoms with Gasteiger partial charge in [0.1, 0.15) is 5.82 Å². The highest BCUT2D eigenvalue weighted by Gasteiger charge is 2.10. The Morgan fingerprint density at radius 2 is 2.22 bits per heavy atom. The van der Waals surface area contributed by atoms with Gasteiger partial charge in [-0.2, -0.15) is 0 Å². The third kappa shape index (κ3) is 5.07. The first kappa shape index (κ1) is 18.9. The third-order valence-electron chi connectivity index (χ3n) is 4.74. The molecule has 0 saturated carbocycles. The van der Waals surface area contributed by atoms with Crippen LogP contribution in [0.4, 0.5) is 5.82 Å². The fourth-order valence-corrected chi connectivity index (χ4v) is 3.33. The monoisotopic (exact) mass is 363 g/mol. The Balaban J connectivity index is 0.00000280. The summed E-state index contributed by atoms with van der Waals surface area (Å²) in [4.78, 5) is 16.9. The van der Waals surface area contributed by atoms with Gasteiger partial charge in [-0.3, -0.25) is 4.79 Å². The van der Waals surface area contributed by atoms with Crippen molar-refractivity contribution in [1.29, 1.82) is 0 Å². The molecule has 0 atom stereocenters. The quantitative estimate of drug-likeness (QED) is 0.773. The van der Waals surface area contributed by atoms with Gasteiger partial charge in [0.25, 0.3) is 0 Å². The fourth-order valence-electron chi connectivity index (χ4n) is 3.33. The van der Waals surface area contributed by atoms with Crippen molar-refractivity contribution in [2.24, 2.45) is 0 Å². The molecule has 0 aliphatic carbocycles. The van der Waals surface area contributed by atoms with E-state index in [1.807, 2.05) is 43.4 Å². The Morgan fingerprint density at radius 1 is 1.33 bits per heavy atom. The summed E-state index contributed by atoms with van der Waals surface area (Å²) < 4.78 is 0. The molecule has 2 heterocycles. The molecular weight excluding hydrogens is 334 g/mol. The summed E-state index contributed by atoms with van der Waals surface area (Å²) in [6.45, 7) is 7.40. The number of nitrogens with one attached hydrogen (secondary N) is 2. The van der Waals surface area contributed by atoms with Gasteiger partial charge in [0.05, 0.1) is 6.42 Å². The van der Waals surface area contributed by atoms with E-state index >= 15 is 0 Å². The molecule has 2 aromatic rings. The zero-order valence-electron chi connectivity index (χ0n) is 15.9. The lowest BCUT2D eigenvalue weighted by molar-refractivity contribution is -0.120. The first-order valence-electron chi connectivity index (χ1n) is 9.57. The highest BCUT2D eigenvalue weighted by atomic mass is 16.1. The molecule has 1 aromatic carbocycles. The number of aromatic nitrogens is 1. The van der Waals surface area contributed by atoms with Crippen LogP contribution in [0, 0.1) is 0 Å². The van der Waals surface area contributed by atoms with Gasteiger partial charge in [0.15, 0.2) is 0 Å². The SMILES string of the molecule is C=Cc1ccc(CC(=O)NCCc2ccc3c(n2)NCCC3)cc1/C=C\C.[HH]. The maximum absolute atomic E-state index is 12.3. The van der Waals surface area contributed by atoms with Crippen molar-refractivity contribution in [1.82, 2.24) is 10.3 Å². The standard InChI is InChI=1S/C23H27N3O.H2/c1-3-6-20-15-17(8-9-18(20)4-2)16-22(27)24-14-12-21-11-10-19-7-5-13-25-23(19)26-21;/h3-4,6,8-11,15H,2,5,7,12-14,16H2,1H3,(H,24,27)(H,25,26);1H/b6-3-;. The predicted octanol–water partition coefficient (Wildman–Crippen LogP) is 4.26. The zero-order valence-corrected chi connectivity index (χ0v) is 15.9. The van der Waals surface area contributed by atoms with Crippen molar-refractivity contribution in [3.63, 3.8) is 0 Å². The van der Waals surface area contributed by atoms with Crippen LogP contribution in [0.5, 0.6) is 0 Å². The van der Waals surface area contributed by atoms with Crippen molar-refractivity contribution < 1.29 is 6.22 Å². The van der Waals surface area contributed by atoms with Crippen molar-refractivity contribution in [3.05, 3.63) is 70.9 Å². The molecule has 3 rings (SSSR count). The number of benzene rings is 1. The maximum Gasteiger partial charge on any atom is 0.224 e. The number of nitrogens with zero attached hydrogens (tertiary/aromatic N) is 1. The van der Waals surface area contributed by atoms with Gasteiger partial charge in [-0.15, -0.1) is 0 Å². The van der Waals surface area contributed by atoms with Gasteiger partial charge in [-0.05, 0) is 48.1 Å². The minimum Gasteiger partial charge on any atom is -0.370 e. The molecule has 0 fully saturated rings. The summed E-state index contributed by atoms with van der Waals surface area (Å²) >= 11 is 0. The Bertz CT molecular complexity index is 861. The molecule has 4 nitrogen and oxygen atoms in total. The summed E-state index contributed by atoms with van der Waals surface area (Å²) in [5, 5.41) is 6.35. The number of carbonyl (C=O) groups excluding carboxylic acids is 1. The average molecular weight is 364 g/mol. The summed E-state index contributed by atoms with van der Waals surface area (Å²) in [5.41, 5.74) is 5.46. The smallest absolute Gasteiger partial charge is 0.224 e. The van der Waals surface area contributed by atoms with Gasteiger partial charge >= 0.3 is 0 Å². The molecule has 142 valence electrons. The molecule has 4 heteroatoms. The second-order valence-electron chi connectivity index (χ2n) is 6.78. The second-order valence-corrected chi connectivity index (χ2v) is 6.78. The fraction of sp³-hybridized carbons (Fsp3) is 0.304. The predicted molar refractivity (Wildman–Crippen MR) is 115 cm³/mol. The van der Waals surface area contributed by atoms with Crippen LogP contribution in [0.2, 0.25) is 0 Å². The molecule has 27 heavy (non-hydrogen) atoms. The molecule has 1 aliphatic rings. The van der Waals surface area contributed by atoms with Crippen LogP contribution in [0.15, 0.2) is 43.0 Å². The number of allylic oxidation sites excluding steroid dienone is 1. The minimum atomic E-state index is 0. The average Bonchev–Trinajstić information content (AvgIpc) is 2.68. The Labute approximate surface area is 162 Å². The van der Waals surface area contributed by atoms with E-state index in [4.69, 9.17) is 0 Å². The molecule has 1 aromatic heterocycles. The van der Waals surface area contributed by atoms with Crippen LogP contribution in [-0.4, -0.2) is 24.0 Å². The van der Waals surface area contributed by atoms with Gasteiger partial charge in [-0.1, -0.05) is 49.1 Å². The molecule has 0 saturated heterocycles. The Hall–Kier alpha value is -2.88. The van der Waals surface area contributed by atoms with E-state index in [1.54, 1.807) is 0 Å². The summed E-state index contributed by atoms with van der Waals surface area (Å²) in [6.07, 6.45) is 9.22. The minimum absolute atomic E-state index is 0. The zero-order chi connectivity index (χ0) is 19.1. The van der Waals surface area contributed by atoms with E-state index in [2.05, 4.69) is 34.3 Å². The van der Waals surface area contributed by atoms with Crippen molar-refractivity contribution >= 4 is 23.9 Å². The first-order valence-corrected chi connectivity index (χ1v) is 9.57. The Kier molecular flexibility index (Phi) is 6.42. The van der Waals surface area contributed by atoms with Crippen LogP contribution in [-0.2, 0) is 24.1 Å². The van der Waals surface area contributed by atoms with Crippen LogP contribution in [0.1, 0.15) is 42.7 Å². The molecule has 0 radical (unpaired) electrons. The van der Waals surface area contributed by atoms with Gasteiger partial charge in [0, 0.05) is 26.6 Å². The van der Waals surface area contributed by atoms with E-state index in [-0.39, 0.29) is 7.33 Å². The number of anilines is 1. The number of hydrogen-bond acceptors (Lipinski definition) is 3. The number of aryl methyl sites for hydroxylation is 1. The highest BCUT2D eigenvalue weighted by Crippen LogP contribution is 2.19. The van der Waals surface area contributed by atoms with Crippen molar-refractivity contribution in [3.8, 4) is 0 Å². The maximum atomic E-state index is 12.3. The number of rotatable bonds is 7. The van der Waals surface area contributed by atoms with Crippen molar-refractivity contribution in [2.75, 3.05) is 18.4 Å². The summed E-state index contributed by atoms with van der Waals surface area (Å²) in [5.74, 6) is 1.03. The largest absolute Gasteiger partial charge is 0.370 e. The lowest BCUT2D eigenvalue weighted by Crippen LogP contribution is -2.27. The number of hydrogen-bond donors (Lipinski definition) is 2. The topological polar surface area (TPSA) is 54.0 Å². The Morgan fingerprint density at radius 3 is 3.04 bits per heavy atom.